The Morgan fingerprint density at radius 3 is 2.19 bits per heavy atom. The molecular weight excluding hydrogens is 465 g/mol. The Morgan fingerprint density at radius 1 is 0.944 bits per heavy atom. The van der Waals surface area contributed by atoms with E-state index in [0.717, 1.165) is 34.9 Å². The Kier molecular flexibility index (Phi) is 6.78. The van der Waals surface area contributed by atoms with Crippen LogP contribution in [0.25, 0.3) is 16.5 Å². The minimum Gasteiger partial charge on any atom is -0.495 e. The van der Waals surface area contributed by atoms with Gasteiger partial charge in [0.05, 0.1) is 18.4 Å². The van der Waals surface area contributed by atoms with Gasteiger partial charge in [0.15, 0.2) is 0 Å². The zero-order valence-electron chi connectivity index (χ0n) is 21.1. The molecule has 5 heteroatoms. The molecule has 184 valence electrons. The van der Waals surface area contributed by atoms with Crippen molar-refractivity contribution in [1.29, 1.82) is 0 Å². The second kappa shape index (κ2) is 10.00. The molecule has 1 aromatic heterocycles. The molecule has 3 nitrogen and oxygen atoms in total. The van der Waals surface area contributed by atoms with E-state index in [2.05, 4.69) is 86.4 Å². The lowest BCUT2D eigenvalue weighted by molar-refractivity contribution is 0.0718. The molecule has 1 atom stereocenters. The predicted molar refractivity (Wildman–Crippen MR) is 147 cm³/mol. The lowest BCUT2D eigenvalue weighted by atomic mass is 9.96. The molecule has 1 aliphatic heterocycles. The molecule has 1 unspecified atom stereocenters. The number of halogens is 1. The van der Waals surface area contributed by atoms with E-state index < -0.39 is 8.32 Å². The Hall–Kier alpha value is -3.28. The maximum Gasteiger partial charge on any atom is 0.261 e. The first-order chi connectivity index (χ1) is 17.4. The van der Waals surface area contributed by atoms with Crippen molar-refractivity contribution in [2.24, 2.45) is 0 Å². The van der Waals surface area contributed by atoms with Gasteiger partial charge >= 0.3 is 0 Å². The van der Waals surface area contributed by atoms with Gasteiger partial charge in [0.2, 0.25) is 0 Å². The molecular formula is C31H32FNO2Si. The topological polar surface area (TPSA) is 31.4 Å². The Labute approximate surface area is 213 Å². The number of fused-ring (bicyclic) bond motifs is 1. The second-order valence-electron chi connectivity index (χ2n) is 10.4. The number of nitrogens with zero attached hydrogens (tertiary/aromatic N) is 1. The van der Waals surface area contributed by atoms with E-state index in [4.69, 9.17) is 9.16 Å². The molecule has 3 aromatic carbocycles. The van der Waals surface area contributed by atoms with Crippen molar-refractivity contribution in [1.82, 2.24) is 4.98 Å². The van der Waals surface area contributed by atoms with Gasteiger partial charge in [-0.25, -0.2) is 4.39 Å². The van der Waals surface area contributed by atoms with Gasteiger partial charge in [0, 0.05) is 11.6 Å². The number of allylic oxidation sites excluding steroid dienone is 1. The fourth-order valence-electron chi connectivity index (χ4n) is 5.32. The van der Waals surface area contributed by atoms with Crippen molar-refractivity contribution < 1.29 is 13.6 Å². The van der Waals surface area contributed by atoms with Crippen molar-refractivity contribution in [3.8, 4) is 0 Å². The highest BCUT2D eigenvalue weighted by Gasteiger charge is 2.50. The fourth-order valence-corrected chi connectivity index (χ4v) is 9.91. The van der Waals surface area contributed by atoms with Crippen LogP contribution in [0.2, 0.25) is 5.04 Å². The van der Waals surface area contributed by atoms with Crippen molar-refractivity contribution in [3.05, 3.63) is 109 Å². The van der Waals surface area contributed by atoms with Crippen LogP contribution in [0.4, 0.5) is 4.39 Å². The van der Waals surface area contributed by atoms with Crippen molar-refractivity contribution in [2.45, 2.75) is 44.8 Å². The van der Waals surface area contributed by atoms with Crippen LogP contribution in [0.5, 0.6) is 0 Å². The van der Waals surface area contributed by atoms with E-state index in [-0.39, 0.29) is 17.0 Å². The van der Waals surface area contributed by atoms with Crippen LogP contribution in [0.3, 0.4) is 0 Å². The Balaban J connectivity index is 1.41. The number of pyridine rings is 1. The molecule has 4 aromatic rings. The number of ether oxygens (including phenoxy) is 1. The van der Waals surface area contributed by atoms with Gasteiger partial charge in [-0.1, -0.05) is 81.4 Å². The van der Waals surface area contributed by atoms with E-state index in [0.29, 0.717) is 6.61 Å². The smallest absolute Gasteiger partial charge is 0.261 e. The molecule has 1 aliphatic rings. The Morgan fingerprint density at radius 2 is 1.61 bits per heavy atom. The van der Waals surface area contributed by atoms with E-state index in [1.165, 1.54) is 16.4 Å². The van der Waals surface area contributed by atoms with Crippen molar-refractivity contribution in [3.63, 3.8) is 0 Å². The summed E-state index contributed by atoms with van der Waals surface area (Å²) in [5, 5.41) is 3.27. The predicted octanol–water partition coefficient (Wildman–Crippen LogP) is 6.47. The van der Waals surface area contributed by atoms with Gasteiger partial charge in [-0.15, -0.1) is 0 Å². The number of benzene rings is 3. The standard InChI is InChI=1S/C31H32FNO2Si/c1-31(2,3)36(26-10-6-4-7-11-26,27-12-8-5-9-13-27)35-22-25-16-14-23(21-34-25)28-18-19-33-30-17-15-24(32)20-29(28)30/h4-13,15,17-21,25H,14,16,22H2,1-3H3. The summed E-state index contributed by atoms with van der Waals surface area (Å²) < 4.78 is 27.2. The summed E-state index contributed by atoms with van der Waals surface area (Å²) in [4.78, 5) is 4.38. The lowest BCUT2D eigenvalue weighted by Gasteiger charge is -2.43. The largest absolute Gasteiger partial charge is 0.495 e. The molecule has 0 radical (unpaired) electrons. The lowest BCUT2D eigenvalue weighted by Crippen LogP contribution is -2.67. The molecule has 5 rings (SSSR count). The van der Waals surface area contributed by atoms with Gasteiger partial charge in [-0.3, -0.25) is 4.98 Å². The van der Waals surface area contributed by atoms with E-state index >= 15 is 0 Å². The highest BCUT2D eigenvalue weighted by Crippen LogP contribution is 2.38. The highest BCUT2D eigenvalue weighted by atomic mass is 28.4. The number of hydrogen-bond donors (Lipinski definition) is 0. The summed E-state index contributed by atoms with van der Waals surface area (Å²) in [7, 11) is -2.61. The van der Waals surface area contributed by atoms with E-state index in [1.54, 1.807) is 18.3 Å². The molecule has 0 N–H and O–H groups in total. The maximum atomic E-state index is 13.9. The normalized spacial score (nSPS) is 16.4. The molecule has 0 spiro atoms. The number of hydrogen-bond acceptors (Lipinski definition) is 3. The summed E-state index contributed by atoms with van der Waals surface area (Å²) >= 11 is 0. The summed E-state index contributed by atoms with van der Waals surface area (Å²) in [5.74, 6) is -0.259. The summed E-state index contributed by atoms with van der Waals surface area (Å²) in [5.41, 5.74) is 2.83. The molecule has 0 bridgehead atoms. The number of aromatic nitrogens is 1. The third kappa shape index (κ3) is 4.61. The first kappa shape index (κ1) is 24.4. The van der Waals surface area contributed by atoms with Crippen LogP contribution in [0.15, 0.2) is 97.4 Å². The van der Waals surface area contributed by atoms with Crippen LogP contribution in [0, 0.1) is 5.82 Å². The summed E-state index contributed by atoms with van der Waals surface area (Å²) in [6.07, 6.45) is 5.24. The second-order valence-corrected chi connectivity index (χ2v) is 14.7. The minimum atomic E-state index is -2.61. The van der Waals surface area contributed by atoms with E-state index in [9.17, 15) is 4.39 Å². The van der Waals surface area contributed by atoms with Crippen LogP contribution in [0.1, 0.15) is 39.2 Å². The molecule has 0 fully saturated rings. The SMILES string of the molecule is CC(C)(C)[Si](OCC1CCC(c2ccnc3ccc(F)cc23)=CO1)(c1ccccc1)c1ccccc1. The molecule has 0 aliphatic carbocycles. The highest BCUT2D eigenvalue weighted by molar-refractivity contribution is 6.99. The minimum absolute atomic E-state index is 0.0414. The van der Waals surface area contributed by atoms with Crippen molar-refractivity contribution >= 4 is 35.2 Å². The zero-order valence-corrected chi connectivity index (χ0v) is 22.1. The zero-order chi connectivity index (χ0) is 25.2. The molecule has 2 heterocycles. The molecule has 0 amide bonds. The molecule has 0 saturated heterocycles. The summed E-state index contributed by atoms with van der Waals surface area (Å²) in [6, 6.07) is 28.0. The van der Waals surface area contributed by atoms with Gasteiger partial charge in [-0.05, 0) is 63.7 Å². The quantitative estimate of drug-likeness (QED) is 0.286. The van der Waals surface area contributed by atoms with Crippen LogP contribution < -0.4 is 10.4 Å². The Bertz CT molecular complexity index is 1330. The third-order valence-electron chi connectivity index (χ3n) is 7.09. The third-order valence-corrected chi connectivity index (χ3v) is 12.1. The summed E-state index contributed by atoms with van der Waals surface area (Å²) in [6.45, 7) is 7.37. The average molecular weight is 498 g/mol. The molecule has 36 heavy (non-hydrogen) atoms. The fraction of sp³-hybridized carbons (Fsp3) is 0.258. The van der Waals surface area contributed by atoms with Gasteiger partial charge < -0.3 is 9.16 Å². The molecule has 0 saturated carbocycles. The van der Waals surface area contributed by atoms with Gasteiger partial charge in [0.1, 0.15) is 11.9 Å². The van der Waals surface area contributed by atoms with Crippen LogP contribution in [-0.2, 0) is 9.16 Å². The average Bonchev–Trinajstić information content (AvgIpc) is 2.89. The first-order valence-electron chi connectivity index (χ1n) is 12.5. The monoisotopic (exact) mass is 497 g/mol. The van der Waals surface area contributed by atoms with E-state index in [1.807, 2.05) is 12.3 Å². The van der Waals surface area contributed by atoms with Crippen molar-refractivity contribution in [2.75, 3.05) is 6.61 Å². The van der Waals surface area contributed by atoms with Crippen LogP contribution in [-0.4, -0.2) is 26.0 Å². The van der Waals surface area contributed by atoms with Gasteiger partial charge in [-0.2, -0.15) is 0 Å². The maximum absolute atomic E-state index is 13.9. The van der Waals surface area contributed by atoms with Crippen LogP contribution >= 0.6 is 0 Å². The van der Waals surface area contributed by atoms with Gasteiger partial charge in [0.25, 0.3) is 8.32 Å². The number of rotatable bonds is 6. The first-order valence-corrected chi connectivity index (χ1v) is 14.4.